The Hall–Kier alpha value is -2.41. The summed E-state index contributed by atoms with van der Waals surface area (Å²) in [7, 11) is 0. The Balaban J connectivity index is 1.64. The van der Waals surface area contributed by atoms with E-state index in [1.165, 1.54) is 12.1 Å². The number of benzene rings is 2. The predicted molar refractivity (Wildman–Crippen MR) is 109 cm³/mol. The minimum absolute atomic E-state index is 0.0554. The molecule has 1 amide bonds. The van der Waals surface area contributed by atoms with Crippen LogP contribution in [0.3, 0.4) is 0 Å². The molecule has 0 bridgehead atoms. The number of rotatable bonds is 7. The zero-order valence-corrected chi connectivity index (χ0v) is 16.4. The molecule has 144 valence electrons. The van der Waals surface area contributed by atoms with Gasteiger partial charge in [0.25, 0.3) is 5.91 Å². The van der Waals surface area contributed by atoms with Gasteiger partial charge in [0.2, 0.25) is 0 Å². The fraction of sp³-hybridized carbons (Fsp3) is 0.143. The van der Waals surface area contributed by atoms with E-state index in [9.17, 15) is 14.3 Å². The highest BCUT2D eigenvalue weighted by atomic mass is 35.5. The van der Waals surface area contributed by atoms with Crippen LogP contribution in [0.1, 0.15) is 27.5 Å². The molecule has 2 aromatic carbocycles. The summed E-state index contributed by atoms with van der Waals surface area (Å²) in [5.74, 6) is -0.270. The quantitative estimate of drug-likeness (QED) is 0.551. The van der Waals surface area contributed by atoms with Gasteiger partial charge in [-0.15, -0.1) is 11.8 Å². The smallest absolute Gasteiger partial charge is 0.251 e. The van der Waals surface area contributed by atoms with Crippen LogP contribution in [0.15, 0.2) is 71.9 Å². The highest BCUT2D eigenvalue weighted by Gasteiger charge is 2.19. The molecule has 3 rings (SSSR count). The lowest BCUT2D eigenvalue weighted by Gasteiger charge is -2.18. The molecule has 0 radical (unpaired) electrons. The largest absolute Gasteiger partial charge is 0.394 e. The number of carbonyl (C=O) groups is 1. The zero-order chi connectivity index (χ0) is 19.9. The van der Waals surface area contributed by atoms with Crippen LogP contribution in [-0.4, -0.2) is 22.6 Å². The first kappa shape index (κ1) is 20.3. The number of nitrogens with zero attached hydrogens (tertiary/aromatic N) is 1. The van der Waals surface area contributed by atoms with E-state index < -0.39 is 24.4 Å². The Morgan fingerprint density at radius 3 is 2.64 bits per heavy atom. The molecule has 0 spiro atoms. The molecule has 1 heterocycles. The van der Waals surface area contributed by atoms with Crippen molar-refractivity contribution in [3.8, 4) is 0 Å². The van der Waals surface area contributed by atoms with E-state index >= 15 is 0 Å². The van der Waals surface area contributed by atoms with E-state index in [0.29, 0.717) is 5.56 Å². The Kier molecular flexibility index (Phi) is 7.03. The summed E-state index contributed by atoms with van der Waals surface area (Å²) in [5.41, 5.74) is 1.68. The van der Waals surface area contributed by atoms with Crippen molar-refractivity contribution < 1.29 is 14.3 Å². The Bertz CT molecular complexity index is 939. The molecule has 0 saturated heterocycles. The number of aromatic nitrogens is 1. The maximum atomic E-state index is 14.2. The first-order chi connectivity index (χ1) is 13.6. The average molecular weight is 417 g/mol. The van der Waals surface area contributed by atoms with E-state index in [0.717, 1.165) is 16.2 Å². The molecule has 4 nitrogen and oxygen atoms in total. The SMILES string of the molecule is O=C(NC(CO)c1cccc(Cl)c1F)c1ccc(SCc2cccnc2)cc1. The monoisotopic (exact) mass is 416 g/mol. The number of aliphatic hydroxyl groups excluding tert-OH is 1. The van der Waals surface area contributed by atoms with Crippen LogP contribution in [0.5, 0.6) is 0 Å². The molecular weight excluding hydrogens is 399 g/mol. The summed E-state index contributed by atoms with van der Waals surface area (Å²) in [5, 5.41) is 12.2. The number of nitrogens with one attached hydrogen (secondary N) is 1. The summed E-state index contributed by atoms with van der Waals surface area (Å²) in [4.78, 5) is 17.6. The van der Waals surface area contributed by atoms with Crippen LogP contribution in [0.2, 0.25) is 5.02 Å². The molecule has 1 atom stereocenters. The van der Waals surface area contributed by atoms with Crippen LogP contribution in [0.4, 0.5) is 4.39 Å². The third-order valence-electron chi connectivity index (χ3n) is 4.09. The molecule has 0 aliphatic carbocycles. The minimum atomic E-state index is -0.883. The zero-order valence-electron chi connectivity index (χ0n) is 14.8. The third kappa shape index (κ3) is 5.10. The van der Waals surface area contributed by atoms with Gasteiger partial charge in [-0.05, 0) is 42.0 Å². The van der Waals surface area contributed by atoms with Gasteiger partial charge >= 0.3 is 0 Å². The third-order valence-corrected chi connectivity index (χ3v) is 5.46. The van der Waals surface area contributed by atoms with Crippen LogP contribution in [0.25, 0.3) is 0 Å². The topological polar surface area (TPSA) is 62.2 Å². The van der Waals surface area contributed by atoms with Crippen molar-refractivity contribution in [3.05, 3.63) is 94.5 Å². The van der Waals surface area contributed by atoms with Gasteiger partial charge in [-0.25, -0.2) is 4.39 Å². The predicted octanol–water partition coefficient (Wildman–Crippen LogP) is 4.63. The number of hydrogen-bond donors (Lipinski definition) is 2. The second-order valence-corrected chi connectivity index (χ2v) is 7.48. The lowest BCUT2D eigenvalue weighted by molar-refractivity contribution is 0.0915. The molecular formula is C21H18ClFN2O2S. The molecule has 3 aromatic rings. The van der Waals surface area contributed by atoms with Crippen molar-refractivity contribution in [2.45, 2.75) is 16.7 Å². The molecule has 2 N–H and O–H groups in total. The standard InChI is InChI=1S/C21H18ClFN2O2S/c22-18-5-1-4-17(20(18)23)19(12-26)25-21(27)15-6-8-16(9-7-15)28-13-14-3-2-10-24-11-14/h1-11,19,26H,12-13H2,(H,25,27). The van der Waals surface area contributed by atoms with Gasteiger partial charge in [-0.2, -0.15) is 0 Å². The average Bonchev–Trinajstić information content (AvgIpc) is 2.73. The summed E-state index contributed by atoms with van der Waals surface area (Å²) in [6, 6.07) is 14.6. The molecule has 0 aliphatic rings. The van der Waals surface area contributed by atoms with Gasteiger partial charge in [0, 0.05) is 34.2 Å². The van der Waals surface area contributed by atoms with Crippen LogP contribution in [-0.2, 0) is 5.75 Å². The van der Waals surface area contributed by atoms with E-state index in [1.54, 1.807) is 36.2 Å². The van der Waals surface area contributed by atoms with E-state index in [2.05, 4.69) is 10.3 Å². The molecule has 1 aromatic heterocycles. The van der Waals surface area contributed by atoms with Crippen LogP contribution < -0.4 is 5.32 Å². The lowest BCUT2D eigenvalue weighted by Crippen LogP contribution is -2.31. The fourth-order valence-corrected chi connectivity index (χ4v) is 3.62. The maximum absolute atomic E-state index is 14.2. The van der Waals surface area contributed by atoms with Crippen molar-refractivity contribution in [1.29, 1.82) is 0 Å². The molecule has 0 saturated carbocycles. The normalized spacial score (nSPS) is 11.8. The van der Waals surface area contributed by atoms with Gasteiger partial charge in [-0.3, -0.25) is 9.78 Å². The maximum Gasteiger partial charge on any atom is 0.251 e. The molecule has 28 heavy (non-hydrogen) atoms. The molecule has 0 aliphatic heterocycles. The van der Waals surface area contributed by atoms with E-state index in [4.69, 9.17) is 11.6 Å². The Morgan fingerprint density at radius 1 is 1.18 bits per heavy atom. The highest BCUT2D eigenvalue weighted by Crippen LogP contribution is 2.25. The number of amides is 1. The van der Waals surface area contributed by atoms with Gasteiger partial charge in [0.1, 0.15) is 5.82 Å². The second kappa shape index (κ2) is 9.68. The van der Waals surface area contributed by atoms with Crippen molar-refractivity contribution in [2.24, 2.45) is 0 Å². The van der Waals surface area contributed by atoms with Gasteiger partial charge in [-0.1, -0.05) is 29.8 Å². The second-order valence-electron chi connectivity index (χ2n) is 6.03. The van der Waals surface area contributed by atoms with Crippen molar-refractivity contribution in [1.82, 2.24) is 10.3 Å². The number of thioether (sulfide) groups is 1. The Labute approximate surface area is 171 Å². The van der Waals surface area contributed by atoms with Crippen LogP contribution >= 0.6 is 23.4 Å². The number of aliphatic hydroxyl groups is 1. The minimum Gasteiger partial charge on any atom is -0.394 e. The van der Waals surface area contributed by atoms with Gasteiger partial charge in [0.05, 0.1) is 17.7 Å². The van der Waals surface area contributed by atoms with Crippen LogP contribution in [0, 0.1) is 5.82 Å². The summed E-state index contributed by atoms with van der Waals surface area (Å²) in [6.45, 7) is -0.442. The lowest BCUT2D eigenvalue weighted by atomic mass is 10.1. The summed E-state index contributed by atoms with van der Waals surface area (Å²) in [6.07, 6.45) is 3.55. The number of pyridine rings is 1. The van der Waals surface area contributed by atoms with Crippen molar-refractivity contribution in [2.75, 3.05) is 6.61 Å². The fourth-order valence-electron chi connectivity index (χ4n) is 2.61. The summed E-state index contributed by atoms with van der Waals surface area (Å²) >= 11 is 7.42. The Morgan fingerprint density at radius 2 is 1.96 bits per heavy atom. The number of halogens is 2. The summed E-state index contributed by atoms with van der Waals surface area (Å²) < 4.78 is 14.2. The first-order valence-electron chi connectivity index (χ1n) is 8.56. The molecule has 7 heteroatoms. The first-order valence-corrected chi connectivity index (χ1v) is 9.92. The molecule has 1 unspecified atom stereocenters. The van der Waals surface area contributed by atoms with Crippen molar-refractivity contribution >= 4 is 29.3 Å². The van der Waals surface area contributed by atoms with Crippen molar-refractivity contribution in [3.63, 3.8) is 0 Å². The number of hydrogen-bond acceptors (Lipinski definition) is 4. The van der Waals surface area contributed by atoms with E-state index in [1.807, 2.05) is 30.5 Å². The highest BCUT2D eigenvalue weighted by molar-refractivity contribution is 7.98. The van der Waals surface area contributed by atoms with Gasteiger partial charge in [0.15, 0.2) is 0 Å². The van der Waals surface area contributed by atoms with E-state index in [-0.39, 0.29) is 10.6 Å². The van der Waals surface area contributed by atoms with Gasteiger partial charge < -0.3 is 10.4 Å². The molecule has 0 fully saturated rings. The number of carbonyl (C=O) groups excluding carboxylic acids is 1.